The Balaban J connectivity index is 1.96. The molecule has 0 atom stereocenters. The van der Waals surface area contributed by atoms with E-state index in [4.69, 9.17) is 9.41 Å². The first-order valence-corrected chi connectivity index (χ1v) is 7.41. The van der Waals surface area contributed by atoms with Crippen LogP contribution in [0.15, 0.2) is 39.7 Å². The summed E-state index contributed by atoms with van der Waals surface area (Å²) in [6, 6.07) is 10.5. The van der Waals surface area contributed by atoms with Crippen LogP contribution in [-0.4, -0.2) is 12.4 Å². The van der Waals surface area contributed by atoms with E-state index >= 15 is 0 Å². The van der Waals surface area contributed by atoms with Gasteiger partial charge in [0, 0.05) is 18.7 Å². The number of anilines is 1. The Morgan fingerprint density at radius 1 is 1.14 bits per heavy atom. The Morgan fingerprint density at radius 2 is 1.86 bits per heavy atom. The van der Waals surface area contributed by atoms with Gasteiger partial charge in [0.15, 0.2) is 0 Å². The highest BCUT2D eigenvalue weighted by Crippen LogP contribution is 2.30. The molecule has 1 aromatic heterocycles. The minimum atomic E-state index is 0.121. The average Bonchev–Trinajstić information content (AvgIpc) is 2.71. The predicted molar refractivity (Wildman–Crippen MR) is 87.1 cm³/mol. The summed E-state index contributed by atoms with van der Waals surface area (Å²) >= 11 is 0. The molecule has 0 bridgehead atoms. The summed E-state index contributed by atoms with van der Waals surface area (Å²) < 4.78 is 5.89. The van der Waals surface area contributed by atoms with E-state index in [1.54, 1.807) is 0 Å². The van der Waals surface area contributed by atoms with Crippen molar-refractivity contribution >= 4 is 11.5 Å². The van der Waals surface area contributed by atoms with E-state index < -0.39 is 0 Å². The van der Waals surface area contributed by atoms with Crippen molar-refractivity contribution < 1.29 is 4.42 Å². The largest absolute Gasteiger partial charge is 0.466 e. The van der Waals surface area contributed by atoms with Gasteiger partial charge in [-0.15, -0.1) is 0 Å². The van der Waals surface area contributed by atoms with Gasteiger partial charge in [0.1, 0.15) is 17.4 Å². The smallest absolute Gasteiger partial charge is 0.136 e. The Kier molecular flexibility index (Phi) is 3.36. The molecule has 1 aliphatic rings. The van der Waals surface area contributed by atoms with Gasteiger partial charge in [0.05, 0.1) is 5.56 Å². The number of nitrogens with zero attached hydrogens (tertiary/aromatic N) is 1. The van der Waals surface area contributed by atoms with Crippen LogP contribution in [0.5, 0.6) is 0 Å². The molecule has 2 heterocycles. The van der Waals surface area contributed by atoms with Gasteiger partial charge in [-0.05, 0) is 37.5 Å². The van der Waals surface area contributed by atoms with E-state index in [1.807, 2.05) is 6.92 Å². The molecule has 0 saturated carbocycles. The fraction of sp³-hybridized carbons (Fsp3) is 0.389. The third kappa shape index (κ3) is 3.02. The van der Waals surface area contributed by atoms with E-state index in [2.05, 4.69) is 56.4 Å². The molecule has 0 fully saturated rings. The molecular weight excluding hydrogens is 260 g/mol. The van der Waals surface area contributed by atoms with Crippen molar-refractivity contribution in [3.63, 3.8) is 0 Å². The fourth-order valence-corrected chi connectivity index (χ4v) is 2.64. The Bertz CT molecular complexity index is 678. The highest BCUT2D eigenvalue weighted by Gasteiger charge is 2.28. The maximum absolute atomic E-state index is 5.89. The lowest BCUT2D eigenvalue weighted by Gasteiger charge is -2.19. The van der Waals surface area contributed by atoms with Crippen molar-refractivity contribution in [2.24, 2.45) is 10.4 Å². The second-order valence-electron chi connectivity index (χ2n) is 6.69. The highest BCUT2D eigenvalue weighted by molar-refractivity contribution is 6.09. The predicted octanol–water partition coefficient (Wildman–Crippen LogP) is 4.34. The molecule has 21 heavy (non-hydrogen) atoms. The van der Waals surface area contributed by atoms with Crippen molar-refractivity contribution in [1.82, 2.24) is 0 Å². The summed E-state index contributed by atoms with van der Waals surface area (Å²) in [5.74, 6) is 2.89. The van der Waals surface area contributed by atoms with Crippen LogP contribution in [0.1, 0.15) is 36.5 Å². The maximum Gasteiger partial charge on any atom is 0.136 e. The molecule has 1 N–H and O–H groups in total. The molecule has 3 rings (SSSR count). The summed E-state index contributed by atoms with van der Waals surface area (Å²) in [6.45, 7) is 9.34. The number of hydrogen-bond donors (Lipinski definition) is 1. The third-order valence-electron chi connectivity index (χ3n) is 3.81. The molecule has 0 spiro atoms. The average molecular weight is 282 g/mol. The van der Waals surface area contributed by atoms with Crippen LogP contribution in [0.2, 0.25) is 0 Å². The third-order valence-corrected chi connectivity index (χ3v) is 3.81. The van der Waals surface area contributed by atoms with Crippen molar-refractivity contribution in [1.29, 1.82) is 0 Å². The second kappa shape index (κ2) is 5.06. The lowest BCUT2D eigenvalue weighted by molar-refractivity contribution is 0.339. The molecule has 0 aliphatic carbocycles. The van der Waals surface area contributed by atoms with Gasteiger partial charge in [0.2, 0.25) is 0 Å². The van der Waals surface area contributed by atoms with Crippen molar-refractivity contribution in [2.75, 3.05) is 11.9 Å². The molecule has 0 unspecified atom stereocenters. The lowest BCUT2D eigenvalue weighted by Crippen LogP contribution is -2.18. The zero-order valence-corrected chi connectivity index (χ0v) is 13.2. The van der Waals surface area contributed by atoms with Gasteiger partial charge in [-0.3, -0.25) is 4.99 Å². The number of aryl methyl sites for hydroxylation is 2. The van der Waals surface area contributed by atoms with E-state index in [-0.39, 0.29) is 5.41 Å². The quantitative estimate of drug-likeness (QED) is 0.845. The van der Waals surface area contributed by atoms with Crippen LogP contribution in [0, 0.1) is 19.3 Å². The number of fused-ring (bicyclic) bond motifs is 1. The number of aliphatic imine (C=N–C) groups is 1. The Labute approximate surface area is 126 Å². The number of rotatable bonds is 1. The van der Waals surface area contributed by atoms with Crippen LogP contribution >= 0.6 is 0 Å². The van der Waals surface area contributed by atoms with Crippen molar-refractivity contribution in [3.8, 4) is 0 Å². The zero-order valence-electron chi connectivity index (χ0n) is 13.2. The molecule has 1 aliphatic heterocycles. The molecule has 0 radical (unpaired) electrons. The van der Waals surface area contributed by atoms with Gasteiger partial charge in [-0.2, -0.15) is 0 Å². The maximum atomic E-state index is 5.89. The first kappa shape index (κ1) is 13.9. The molecule has 2 aromatic rings. The van der Waals surface area contributed by atoms with Crippen LogP contribution in [0.25, 0.3) is 0 Å². The number of benzene rings is 1. The van der Waals surface area contributed by atoms with Gasteiger partial charge >= 0.3 is 0 Å². The highest BCUT2D eigenvalue weighted by atomic mass is 16.3. The van der Waals surface area contributed by atoms with Crippen LogP contribution in [0.4, 0.5) is 5.69 Å². The van der Waals surface area contributed by atoms with E-state index in [9.17, 15) is 0 Å². The number of hydrogen-bond acceptors (Lipinski definition) is 3. The minimum Gasteiger partial charge on any atom is -0.466 e. The van der Waals surface area contributed by atoms with Crippen LogP contribution < -0.4 is 5.32 Å². The normalized spacial score (nSPS) is 16.9. The van der Waals surface area contributed by atoms with Gasteiger partial charge in [-0.1, -0.05) is 31.5 Å². The van der Waals surface area contributed by atoms with Gasteiger partial charge in [0.25, 0.3) is 0 Å². The van der Waals surface area contributed by atoms with Crippen LogP contribution in [-0.2, 0) is 6.42 Å². The first-order valence-electron chi connectivity index (χ1n) is 7.41. The van der Waals surface area contributed by atoms with Crippen molar-refractivity contribution in [3.05, 3.63) is 53.0 Å². The molecule has 0 saturated heterocycles. The Hall–Kier alpha value is -2.03. The molecular formula is C18H22N2O. The van der Waals surface area contributed by atoms with Crippen LogP contribution in [0.3, 0.4) is 0 Å². The monoisotopic (exact) mass is 282 g/mol. The fourth-order valence-electron chi connectivity index (χ4n) is 2.64. The molecule has 1 aromatic carbocycles. The van der Waals surface area contributed by atoms with E-state index in [0.717, 1.165) is 41.6 Å². The SMILES string of the molecule is Cc1ccc(NC2=NCC(C)(C)Cc3oc(C)cc32)cc1. The molecule has 3 nitrogen and oxygen atoms in total. The topological polar surface area (TPSA) is 37.5 Å². The first-order chi connectivity index (χ1) is 9.93. The summed E-state index contributed by atoms with van der Waals surface area (Å²) in [6.07, 6.45) is 0.915. The van der Waals surface area contributed by atoms with E-state index in [0.29, 0.717) is 0 Å². The summed E-state index contributed by atoms with van der Waals surface area (Å²) in [5, 5.41) is 3.45. The summed E-state index contributed by atoms with van der Waals surface area (Å²) in [5.41, 5.74) is 3.53. The van der Waals surface area contributed by atoms with Gasteiger partial charge in [-0.25, -0.2) is 0 Å². The number of amidine groups is 1. The zero-order chi connectivity index (χ0) is 15.0. The van der Waals surface area contributed by atoms with Crippen molar-refractivity contribution in [2.45, 2.75) is 34.1 Å². The minimum absolute atomic E-state index is 0.121. The summed E-state index contributed by atoms with van der Waals surface area (Å²) in [4.78, 5) is 4.79. The standard InChI is InChI=1S/C18H22N2O/c1-12-5-7-14(8-6-12)20-17-15-9-13(2)21-16(15)10-18(3,4)11-19-17/h5-9H,10-11H2,1-4H3,(H,19,20). The molecule has 3 heteroatoms. The molecule has 0 amide bonds. The number of furan rings is 1. The Morgan fingerprint density at radius 3 is 2.57 bits per heavy atom. The summed E-state index contributed by atoms with van der Waals surface area (Å²) in [7, 11) is 0. The molecule has 110 valence electrons. The second-order valence-corrected chi connectivity index (χ2v) is 6.69. The van der Waals surface area contributed by atoms with Gasteiger partial charge < -0.3 is 9.73 Å². The number of nitrogens with one attached hydrogen (secondary N) is 1. The lowest BCUT2D eigenvalue weighted by atomic mass is 9.88. The van der Waals surface area contributed by atoms with E-state index in [1.165, 1.54) is 5.56 Å².